The van der Waals surface area contributed by atoms with Crippen molar-refractivity contribution < 1.29 is 9.53 Å². The van der Waals surface area contributed by atoms with E-state index in [4.69, 9.17) is 16.3 Å². The molecule has 1 aromatic carbocycles. The number of hydrogen-bond donors (Lipinski definition) is 2. The largest absolute Gasteiger partial charge is 0.473 e. The molecule has 0 radical (unpaired) electrons. The van der Waals surface area contributed by atoms with Gasteiger partial charge in [-0.15, -0.1) is 11.6 Å². The minimum atomic E-state index is -0.245. The lowest BCUT2D eigenvalue weighted by Crippen LogP contribution is -2.38. The van der Waals surface area contributed by atoms with E-state index in [2.05, 4.69) is 10.6 Å². The van der Waals surface area contributed by atoms with Gasteiger partial charge in [0.1, 0.15) is 5.75 Å². The summed E-state index contributed by atoms with van der Waals surface area (Å²) in [6.07, 6.45) is 0.757. The number of rotatable bonds is 6. The highest BCUT2D eigenvalue weighted by atomic mass is 35.5. The predicted octanol–water partition coefficient (Wildman–Crippen LogP) is 2.57. The fourth-order valence-corrected chi connectivity index (χ4v) is 1.61. The molecule has 2 N–H and O–H groups in total. The van der Waals surface area contributed by atoms with E-state index in [0.29, 0.717) is 12.4 Å². The van der Waals surface area contributed by atoms with E-state index in [0.717, 1.165) is 17.7 Å². The number of carbonyl (C=O) groups excluding carboxylic acids is 1. The summed E-state index contributed by atoms with van der Waals surface area (Å²) in [5.74, 6) is 1.32. The molecule has 4 nitrogen and oxygen atoms in total. The van der Waals surface area contributed by atoms with Crippen molar-refractivity contribution in [3.8, 4) is 5.75 Å². The van der Waals surface area contributed by atoms with Gasteiger partial charge in [-0.1, -0.05) is 17.7 Å². The lowest BCUT2D eigenvalue weighted by atomic mass is 10.1. The Morgan fingerprint density at radius 1 is 1.33 bits per heavy atom. The van der Waals surface area contributed by atoms with Gasteiger partial charge in [-0.05, 0) is 31.9 Å². The maximum absolute atomic E-state index is 11.3. The Morgan fingerprint density at radius 3 is 2.78 bits per heavy atom. The molecule has 1 rings (SSSR count). The monoisotopic (exact) mass is 270 g/mol. The van der Waals surface area contributed by atoms with Crippen molar-refractivity contribution in [3.05, 3.63) is 29.3 Å². The van der Waals surface area contributed by atoms with Gasteiger partial charge in [-0.25, -0.2) is 4.79 Å². The van der Waals surface area contributed by atoms with Crippen molar-refractivity contribution in [1.29, 1.82) is 0 Å². The van der Waals surface area contributed by atoms with Gasteiger partial charge in [0.15, 0.2) is 6.73 Å². The minimum absolute atomic E-state index is 0.149. The van der Waals surface area contributed by atoms with Gasteiger partial charge in [0.05, 0.1) is 0 Å². The zero-order valence-corrected chi connectivity index (χ0v) is 11.5. The average molecular weight is 271 g/mol. The maximum Gasteiger partial charge on any atom is 0.317 e. The number of ether oxygens (including phenoxy) is 1. The Hall–Kier alpha value is -1.42. The normalized spacial score (nSPS) is 9.94. The molecule has 5 heteroatoms. The number of alkyl halides is 1. The molecule has 0 aromatic heterocycles. The maximum atomic E-state index is 11.3. The van der Waals surface area contributed by atoms with Crippen LogP contribution in [0, 0.1) is 13.8 Å². The van der Waals surface area contributed by atoms with Crippen LogP contribution >= 0.6 is 11.6 Å². The van der Waals surface area contributed by atoms with E-state index < -0.39 is 0 Å². The first-order valence-electron chi connectivity index (χ1n) is 5.91. The lowest BCUT2D eigenvalue weighted by Gasteiger charge is -2.11. The topological polar surface area (TPSA) is 50.4 Å². The van der Waals surface area contributed by atoms with Gasteiger partial charge in [0.25, 0.3) is 0 Å². The first-order valence-corrected chi connectivity index (χ1v) is 6.44. The predicted molar refractivity (Wildman–Crippen MR) is 73.3 cm³/mol. The molecule has 0 bridgehead atoms. The molecule has 0 aliphatic heterocycles. The van der Waals surface area contributed by atoms with Crippen LogP contribution in [0.4, 0.5) is 4.79 Å². The molecule has 0 aliphatic rings. The summed E-state index contributed by atoms with van der Waals surface area (Å²) in [7, 11) is 0. The Labute approximate surface area is 113 Å². The summed E-state index contributed by atoms with van der Waals surface area (Å²) in [5, 5.41) is 5.30. The molecule has 18 heavy (non-hydrogen) atoms. The van der Waals surface area contributed by atoms with Gasteiger partial charge < -0.3 is 15.4 Å². The Balaban J connectivity index is 2.26. The molecule has 0 saturated heterocycles. The van der Waals surface area contributed by atoms with E-state index in [1.807, 2.05) is 32.0 Å². The molecule has 0 atom stereocenters. The molecular weight excluding hydrogens is 252 g/mol. The summed E-state index contributed by atoms with van der Waals surface area (Å²) in [4.78, 5) is 11.3. The third-order valence-corrected chi connectivity index (χ3v) is 2.65. The molecule has 0 heterocycles. The molecule has 0 fully saturated rings. The Morgan fingerprint density at radius 2 is 2.11 bits per heavy atom. The minimum Gasteiger partial charge on any atom is -0.473 e. The van der Waals surface area contributed by atoms with Crippen LogP contribution in [0.15, 0.2) is 18.2 Å². The molecule has 2 amide bonds. The van der Waals surface area contributed by atoms with Crippen molar-refractivity contribution in [1.82, 2.24) is 10.6 Å². The van der Waals surface area contributed by atoms with Crippen molar-refractivity contribution in [3.63, 3.8) is 0 Å². The second kappa shape index (κ2) is 7.82. The number of nitrogens with one attached hydrogen (secondary N) is 2. The average Bonchev–Trinajstić information content (AvgIpc) is 2.32. The van der Waals surface area contributed by atoms with Crippen LogP contribution in [0.25, 0.3) is 0 Å². The molecule has 0 unspecified atom stereocenters. The highest BCUT2D eigenvalue weighted by Crippen LogP contribution is 2.18. The van der Waals surface area contributed by atoms with Gasteiger partial charge in [0.2, 0.25) is 0 Å². The molecule has 0 aliphatic carbocycles. The van der Waals surface area contributed by atoms with Crippen LogP contribution in [0.3, 0.4) is 0 Å². The molecule has 100 valence electrons. The summed E-state index contributed by atoms with van der Waals surface area (Å²) < 4.78 is 5.47. The highest BCUT2D eigenvalue weighted by molar-refractivity contribution is 6.17. The molecule has 1 aromatic rings. The van der Waals surface area contributed by atoms with Crippen molar-refractivity contribution in [2.75, 3.05) is 19.2 Å². The van der Waals surface area contributed by atoms with Gasteiger partial charge in [0, 0.05) is 12.4 Å². The van der Waals surface area contributed by atoms with Gasteiger partial charge >= 0.3 is 6.03 Å². The molecule has 0 spiro atoms. The first-order chi connectivity index (χ1) is 8.63. The zero-order valence-electron chi connectivity index (χ0n) is 10.8. The van der Waals surface area contributed by atoms with Gasteiger partial charge in [-0.3, -0.25) is 0 Å². The summed E-state index contributed by atoms with van der Waals surface area (Å²) >= 11 is 5.50. The van der Waals surface area contributed by atoms with E-state index in [1.165, 1.54) is 5.56 Å². The van der Waals surface area contributed by atoms with Crippen LogP contribution < -0.4 is 15.4 Å². The Bertz CT molecular complexity index is 397. The zero-order chi connectivity index (χ0) is 13.4. The van der Waals surface area contributed by atoms with Crippen LogP contribution in [0.2, 0.25) is 0 Å². The summed E-state index contributed by atoms with van der Waals surface area (Å²) in [5.41, 5.74) is 2.24. The van der Waals surface area contributed by atoms with E-state index in [9.17, 15) is 4.79 Å². The quantitative estimate of drug-likeness (QED) is 0.474. The van der Waals surface area contributed by atoms with Crippen molar-refractivity contribution >= 4 is 17.6 Å². The lowest BCUT2D eigenvalue weighted by molar-refractivity contribution is 0.224. The fraction of sp³-hybridized carbons (Fsp3) is 0.462. The first kappa shape index (κ1) is 14.6. The smallest absolute Gasteiger partial charge is 0.317 e. The van der Waals surface area contributed by atoms with Crippen LogP contribution in [-0.4, -0.2) is 25.2 Å². The highest BCUT2D eigenvalue weighted by Gasteiger charge is 2.01. The number of urea groups is 1. The van der Waals surface area contributed by atoms with Crippen LogP contribution in [0.5, 0.6) is 5.75 Å². The molecular formula is C13H19ClN2O2. The van der Waals surface area contributed by atoms with E-state index >= 15 is 0 Å². The summed E-state index contributed by atoms with van der Waals surface area (Å²) in [6.45, 7) is 4.72. The third kappa shape index (κ3) is 5.27. The Kier molecular flexibility index (Phi) is 6.36. The second-order valence-electron chi connectivity index (χ2n) is 4.03. The van der Waals surface area contributed by atoms with Crippen molar-refractivity contribution in [2.45, 2.75) is 20.3 Å². The van der Waals surface area contributed by atoms with E-state index in [-0.39, 0.29) is 12.8 Å². The number of benzene rings is 1. The fourth-order valence-electron chi connectivity index (χ4n) is 1.47. The third-order valence-electron chi connectivity index (χ3n) is 2.39. The SMILES string of the molecule is Cc1ccc(OCNC(=O)NCCCCl)c(C)c1. The van der Waals surface area contributed by atoms with Crippen LogP contribution in [-0.2, 0) is 0 Å². The number of hydrogen-bond acceptors (Lipinski definition) is 2. The standard InChI is InChI=1S/C13H19ClN2O2/c1-10-4-5-12(11(2)8-10)18-9-16-13(17)15-7-3-6-14/h4-5,8H,3,6-7,9H2,1-2H3,(H2,15,16,17). The van der Waals surface area contributed by atoms with E-state index in [1.54, 1.807) is 0 Å². The second-order valence-corrected chi connectivity index (χ2v) is 4.41. The summed E-state index contributed by atoms with van der Waals surface area (Å²) in [6, 6.07) is 5.67. The van der Waals surface area contributed by atoms with Gasteiger partial charge in [-0.2, -0.15) is 0 Å². The number of carbonyl (C=O) groups is 1. The number of halogens is 1. The van der Waals surface area contributed by atoms with Crippen molar-refractivity contribution in [2.24, 2.45) is 0 Å². The number of aryl methyl sites for hydroxylation is 2. The molecule has 0 saturated carbocycles. The van der Waals surface area contributed by atoms with Crippen LogP contribution in [0.1, 0.15) is 17.5 Å². The number of amides is 2.